The topological polar surface area (TPSA) is 77.4 Å². The summed E-state index contributed by atoms with van der Waals surface area (Å²) < 4.78 is 10.2. The third kappa shape index (κ3) is 5.67. The van der Waals surface area contributed by atoms with Gasteiger partial charge in [-0.25, -0.2) is 0 Å². The van der Waals surface area contributed by atoms with Gasteiger partial charge in [0.25, 0.3) is 0 Å². The Morgan fingerprint density at radius 3 is 2.74 bits per heavy atom. The Morgan fingerprint density at radius 2 is 2.11 bits per heavy atom. The van der Waals surface area contributed by atoms with Crippen molar-refractivity contribution in [3.63, 3.8) is 0 Å². The maximum Gasteiger partial charge on any atom is 0.243 e. The number of ether oxygens (including phenoxy) is 1. The van der Waals surface area contributed by atoms with Gasteiger partial charge in [-0.3, -0.25) is 0 Å². The third-order valence-corrected chi connectivity index (χ3v) is 3.21. The zero-order chi connectivity index (χ0) is 14.1. The summed E-state index contributed by atoms with van der Waals surface area (Å²) in [6.45, 7) is 8.03. The molecule has 6 nitrogen and oxygen atoms in total. The molecule has 1 rings (SSSR count). The number of methoxy groups -OCH3 is 1. The molecule has 0 radical (unpaired) electrons. The van der Waals surface area contributed by atoms with Crippen molar-refractivity contribution in [1.29, 1.82) is 0 Å². The third-order valence-electron chi connectivity index (χ3n) is 3.21. The summed E-state index contributed by atoms with van der Waals surface area (Å²) in [7, 11) is 1.68. The number of aromatic nitrogens is 2. The van der Waals surface area contributed by atoms with E-state index >= 15 is 0 Å². The molecule has 0 spiro atoms. The lowest BCUT2D eigenvalue weighted by Gasteiger charge is -2.16. The molecule has 1 aromatic rings. The predicted octanol–water partition coefficient (Wildman–Crippen LogP) is 1.38. The summed E-state index contributed by atoms with van der Waals surface area (Å²) in [5.74, 6) is 1.27. The average Bonchev–Trinajstić information content (AvgIpc) is 2.89. The Labute approximate surface area is 115 Å². The fourth-order valence-corrected chi connectivity index (χ4v) is 1.89. The number of hydrogen-bond donors (Lipinski definition) is 1. The van der Waals surface area contributed by atoms with Crippen LogP contribution in [-0.2, 0) is 11.2 Å². The van der Waals surface area contributed by atoms with E-state index in [1.807, 2.05) is 0 Å². The molecule has 2 N–H and O–H groups in total. The standard InChI is InChI=1S/C13H26N4O2/c1-4-17(5-2)9-8-12-15-13(19-16-12)11(14)7-6-10-18-3/h11H,4-10,14H2,1-3H3. The fourth-order valence-electron chi connectivity index (χ4n) is 1.89. The van der Waals surface area contributed by atoms with Crippen molar-refractivity contribution in [3.8, 4) is 0 Å². The van der Waals surface area contributed by atoms with Crippen LogP contribution in [0.5, 0.6) is 0 Å². The van der Waals surface area contributed by atoms with Gasteiger partial charge < -0.3 is 19.9 Å². The van der Waals surface area contributed by atoms with E-state index < -0.39 is 0 Å². The quantitative estimate of drug-likeness (QED) is 0.647. The Morgan fingerprint density at radius 1 is 1.37 bits per heavy atom. The molecule has 0 saturated heterocycles. The maximum atomic E-state index is 6.00. The van der Waals surface area contributed by atoms with Gasteiger partial charge >= 0.3 is 0 Å². The van der Waals surface area contributed by atoms with Crippen LogP contribution in [0.3, 0.4) is 0 Å². The highest BCUT2D eigenvalue weighted by atomic mass is 16.5. The number of rotatable bonds is 10. The first kappa shape index (κ1) is 16.1. The van der Waals surface area contributed by atoms with E-state index in [2.05, 4.69) is 28.9 Å². The maximum absolute atomic E-state index is 6.00. The van der Waals surface area contributed by atoms with Crippen LogP contribution in [0.2, 0.25) is 0 Å². The van der Waals surface area contributed by atoms with Crippen LogP contribution in [0.4, 0.5) is 0 Å². The van der Waals surface area contributed by atoms with Crippen molar-refractivity contribution in [2.75, 3.05) is 33.4 Å². The minimum absolute atomic E-state index is 0.190. The molecule has 0 aliphatic carbocycles. The monoisotopic (exact) mass is 270 g/mol. The van der Waals surface area contributed by atoms with Gasteiger partial charge in [-0.15, -0.1) is 0 Å². The molecule has 0 amide bonds. The molecule has 0 fully saturated rings. The van der Waals surface area contributed by atoms with Crippen LogP contribution in [0.15, 0.2) is 4.52 Å². The first-order valence-electron chi connectivity index (χ1n) is 7.00. The van der Waals surface area contributed by atoms with Crippen LogP contribution in [-0.4, -0.2) is 48.4 Å². The molecule has 19 heavy (non-hydrogen) atoms. The van der Waals surface area contributed by atoms with Crippen LogP contribution in [0.25, 0.3) is 0 Å². The van der Waals surface area contributed by atoms with Gasteiger partial charge in [0, 0.05) is 26.7 Å². The lowest BCUT2D eigenvalue weighted by Crippen LogP contribution is -2.25. The van der Waals surface area contributed by atoms with E-state index in [0.717, 1.165) is 44.7 Å². The molecular weight excluding hydrogens is 244 g/mol. The van der Waals surface area contributed by atoms with E-state index in [1.54, 1.807) is 7.11 Å². The zero-order valence-electron chi connectivity index (χ0n) is 12.3. The SMILES string of the molecule is CCN(CC)CCc1noc(C(N)CCCOC)n1. The second-order valence-corrected chi connectivity index (χ2v) is 4.57. The van der Waals surface area contributed by atoms with Gasteiger partial charge in [0.2, 0.25) is 5.89 Å². The second kappa shape index (κ2) is 9.01. The van der Waals surface area contributed by atoms with E-state index in [0.29, 0.717) is 12.5 Å². The van der Waals surface area contributed by atoms with Gasteiger partial charge in [-0.2, -0.15) is 4.98 Å². The molecule has 0 saturated carbocycles. The van der Waals surface area contributed by atoms with Crippen molar-refractivity contribution in [2.45, 2.75) is 39.2 Å². The molecule has 1 atom stereocenters. The highest BCUT2D eigenvalue weighted by molar-refractivity contribution is 4.92. The summed E-state index contributed by atoms with van der Waals surface area (Å²) in [6, 6.07) is -0.190. The minimum atomic E-state index is -0.190. The van der Waals surface area contributed by atoms with Gasteiger partial charge in [0.1, 0.15) is 0 Å². The molecular formula is C13H26N4O2. The van der Waals surface area contributed by atoms with E-state index in [1.165, 1.54) is 0 Å². The largest absolute Gasteiger partial charge is 0.385 e. The van der Waals surface area contributed by atoms with Crippen molar-refractivity contribution in [1.82, 2.24) is 15.0 Å². The van der Waals surface area contributed by atoms with E-state index in [9.17, 15) is 0 Å². The first-order valence-corrected chi connectivity index (χ1v) is 7.00. The van der Waals surface area contributed by atoms with Crippen LogP contribution in [0, 0.1) is 0 Å². The summed E-state index contributed by atoms with van der Waals surface area (Å²) >= 11 is 0. The molecule has 0 aliphatic heterocycles. The van der Waals surface area contributed by atoms with Crippen molar-refractivity contribution in [3.05, 3.63) is 11.7 Å². The minimum Gasteiger partial charge on any atom is -0.385 e. The van der Waals surface area contributed by atoms with Gasteiger partial charge in [0.15, 0.2) is 5.82 Å². The normalized spacial score (nSPS) is 13.1. The van der Waals surface area contributed by atoms with E-state index in [-0.39, 0.29) is 6.04 Å². The Kier molecular flexibility index (Phi) is 7.62. The van der Waals surface area contributed by atoms with Crippen molar-refractivity contribution < 1.29 is 9.26 Å². The fraction of sp³-hybridized carbons (Fsp3) is 0.846. The molecule has 110 valence electrons. The van der Waals surface area contributed by atoms with Crippen LogP contribution >= 0.6 is 0 Å². The first-order chi connectivity index (χ1) is 9.21. The van der Waals surface area contributed by atoms with E-state index in [4.69, 9.17) is 15.0 Å². The highest BCUT2D eigenvalue weighted by Crippen LogP contribution is 2.13. The van der Waals surface area contributed by atoms with Crippen molar-refractivity contribution in [2.24, 2.45) is 5.73 Å². The van der Waals surface area contributed by atoms with Gasteiger partial charge in [0.05, 0.1) is 6.04 Å². The van der Waals surface area contributed by atoms with Crippen molar-refractivity contribution >= 4 is 0 Å². The number of nitrogens with zero attached hydrogens (tertiary/aromatic N) is 3. The summed E-state index contributed by atoms with van der Waals surface area (Å²) in [5, 5.41) is 3.98. The summed E-state index contributed by atoms with van der Waals surface area (Å²) in [5.41, 5.74) is 6.00. The number of nitrogens with two attached hydrogens (primary N) is 1. The molecule has 1 heterocycles. The Balaban J connectivity index is 2.38. The molecule has 0 aliphatic rings. The molecule has 6 heteroatoms. The summed E-state index contributed by atoms with van der Waals surface area (Å²) in [4.78, 5) is 6.69. The number of likely N-dealkylation sites (N-methyl/N-ethyl adjacent to an activating group) is 1. The molecule has 1 unspecified atom stereocenters. The van der Waals surface area contributed by atoms with Crippen LogP contribution in [0.1, 0.15) is 44.4 Å². The zero-order valence-corrected chi connectivity index (χ0v) is 12.3. The smallest absolute Gasteiger partial charge is 0.243 e. The Hall–Kier alpha value is -0.980. The lowest BCUT2D eigenvalue weighted by molar-refractivity contribution is 0.188. The lowest BCUT2D eigenvalue weighted by atomic mass is 10.2. The van der Waals surface area contributed by atoms with Crippen LogP contribution < -0.4 is 5.73 Å². The number of hydrogen-bond acceptors (Lipinski definition) is 6. The van der Waals surface area contributed by atoms with Gasteiger partial charge in [-0.1, -0.05) is 19.0 Å². The van der Waals surface area contributed by atoms with Gasteiger partial charge in [-0.05, 0) is 25.9 Å². The Bertz CT molecular complexity index is 339. The average molecular weight is 270 g/mol. The predicted molar refractivity (Wildman–Crippen MR) is 73.8 cm³/mol. The molecule has 1 aromatic heterocycles. The molecule has 0 aromatic carbocycles. The summed E-state index contributed by atoms with van der Waals surface area (Å²) in [6.07, 6.45) is 2.50. The second-order valence-electron chi connectivity index (χ2n) is 4.57. The molecule has 0 bridgehead atoms. The highest BCUT2D eigenvalue weighted by Gasteiger charge is 2.14.